The van der Waals surface area contributed by atoms with Gasteiger partial charge in [0.1, 0.15) is 31.1 Å². The molecule has 2 aliphatic heterocycles. The summed E-state index contributed by atoms with van der Waals surface area (Å²) in [5.41, 5.74) is 19.6. The van der Waals surface area contributed by atoms with E-state index in [1.807, 2.05) is 60.7 Å². The molecule has 280 valence electrons. The number of halogens is 2. The highest BCUT2D eigenvalue weighted by atomic mass is 19.3. The lowest BCUT2D eigenvalue weighted by atomic mass is 9.81. The van der Waals surface area contributed by atoms with Crippen LogP contribution in [0.3, 0.4) is 0 Å². The summed E-state index contributed by atoms with van der Waals surface area (Å²) in [7, 11) is 0. The van der Waals surface area contributed by atoms with E-state index >= 15 is 0 Å². The van der Waals surface area contributed by atoms with Crippen molar-refractivity contribution in [2.24, 2.45) is 22.1 Å². The molecule has 0 unspecified atom stereocenters. The van der Waals surface area contributed by atoms with E-state index in [9.17, 15) is 32.8 Å². The van der Waals surface area contributed by atoms with Crippen molar-refractivity contribution < 1.29 is 42.2 Å². The molecule has 2 saturated carbocycles. The number of rotatable bonds is 10. The van der Waals surface area contributed by atoms with Crippen molar-refractivity contribution in [2.45, 2.75) is 94.3 Å². The van der Waals surface area contributed by atoms with Crippen LogP contribution in [0, 0.1) is 11.8 Å². The Labute approximate surface area is 303 Å². The zero-order valence-electron chi connectivity index (χ0n) is 28.9. The smallest absolute Gasteiger partial charge is 0.416 e. The second kappa shape index (κ2) is 17.8. The van der Waals surface area contributed by atoms with Gasteiger partial charge >= 0.3 is 12.2 Å². The zero-order valence-corrected chi connectivity index (χ0v) is 28.9. The second-order valence-corrected chi connectivity index (χ2v) is 13.6. The fourth-order valence-corrected chi connectivity index (χ4v) is 7.28. The average molecular weight is 735 g/mol. The van der Waals surface area contributed by atoms with E-state index < -0.39 is 60.0 Å². The van der Waals surface area contributed by atoms with Gasteiger partial charge in [-0.15, -0.1) is 0 Å². The van der Waals surface area contributed by atoms with Gasteiger partial charge in [-0.25, -0.2) is 28.2 Å². The maximum Gasteiger partial charge on any atom is 0.416 e. The van der Waals surface area contributed by atoms with Gasteiger partial charge < -0.3 is 9.47 Å². The van der Waals surface area contributed by atoms with Gasteiger partial charge in [0.05, 0.1) is 12.1 Å². The number of Topliss-reactive ketones (excluding diaryl/α,β-unsaturated/α-hetero) is 1. The van der Waals surface area contributed by atoms with Crippen LogP contribution >= 0.6 is 0 Å². The fourth-order valence-electron chi connectivity index (χ4n) is 7.28. The Morgan fingerprint density at radius 3 is 1.51 bits per heavy atom. The van der Waals surface area contributed by atoms with Crippen molar-refractivity contribution in [2.75, 3.05) is 13.2 Å². The summed E-state index contributed by atoms with van der Waals surface area (Å²) < 4.78 is 37.0. The molecule has 0 spiro atoms. The molecule has 15 nitrogen and oxygen atoms in total. The molecule has 4 atom stereocenters. The van der Waals surface area contributed by atoms with Crippen LogP contribution in [0.5, 0.6) is 0 Å². The average Bonchev–Trinajstić information content (AvgIpc) is 3.71. The molecule has 0 bridgehead atoms. The van der Waals surface area contributed by atoms with Crippen LogP contribution in [0.2, 0.25) is 0 Å². The third-order valence-corrected chi connectivity index (χ3v) is 10.1. The van der Waals surface area contributed by atoms with Crippen molar-refractivity contribution in [3.63, 3.8) is 0 Å². The Morgan fingerprint density at radius 1 is 0.717 bits per heavy atom. The fraction of sp³-hybridized carbons (Fsp3) is 0.528. The van der Waals surface area contributed by atoms with E-state index in [-0.39, 0.29) is 50.6 Å². The standard InChI is InChI=1S/C18H20F2N4O3.C18H20N4O4/c19-18(20)8-6-13(7-9-18)15(22-23-21)16(25)24-14(11-27-17(24)26)10-12-4-2-1-3-5-12;19-21-20-16(13-6-8-15(23)9-7-13)17(24)22-14(11-26-18(22)25)10-12-4-2-1-3-5-12/h1-5,13-15H,6-11H2;1-5,13-14,16H,6-11H2/t14-,15-;14-,16-/m00/s1. The van der Waals surface area contributed by atoms with Gasteiger partial charge in [0.25, 0.3) is 0 Å². The Morgan fingerprint density at radius 2 is 1.11 bits per heavy atom. The van der Waals surface area contributed by atoms with Gasteiger partial charge in [-0.1, -0.05) is 70.9 Å². The zero-order chi connectivity index (χ0) is 38.0. The number of amides is 4. The Kier molecular flexibility index (Phi) is 13.0. The lowest BCUT2D eigenvalue weighted by Crippen LogP contribution is -2.48. The Bertz CT molecular complexity index is 1730. The van der Waals surface area contributed by atoms with E-state index in [2.05, 4.69) is 20.1 Å². The van der Waals surface area contributed by atoms with Gasteiger partial charge in [-0.05, 0) is 72.5 Å². The molecule has 6 rings (SSSR count). The van der Waals surface area contributed by atoms with Crippen LogP contribution in [-0.4, -0.2) is 82.9 Å². The SMILES string of the molecule is [N-]=[N+]=N[C@H](C(=O)N1C(=O)OC[C@@H]1Cc1ccccc1)C1CCC(=O)CC1.[N-]=[N+]=N[C@H](C(=O)N1C(=O)OC[C@@H]1Cc1ccccc1)C1CCC(F)(F)CC1. The number of azide groups is 2. The highest BCUT2D eigenvalue weighted by Crippen LogP contribution is 2.39. The first-order chi connectivity index (χ1) is 25.5. The number of imide groups is 2. The summed E-state index contributed by atoms with van der Waals surface area (Å²) in [6.07, 6.45) is 0.501. The molecule has 2 heterocycles. The summed E-state index contributed by atoms with van der Waals surface area (Å²) in [5.74, 6) is -4.57. The third-order valence-electron chi connectivity index (χ3n) is 10.1. The van der Waals surface area contributed by atoms with Gasteiger partial charge in [-0.2, -0.15) is 0 Å². The van der Waals surface area contributed by atoms with Crippen molar-refractivity contribution in [1.82, 2.24) is 9.80 Å². The summed E-state index contributed by atoms with van der Waals surface area (Å²) in [5, 5.41) is 7.22. The number of benzene rings is 2. The van der Waals surface area contributed by atoms with Crippen LogP contribution in [0.1, 0.15) is 62.5 Å². The van der Waals surface area contributed by atoms with Crippen molar-refractivity contribution in [3.05, 3.63) is 92.7 Å². The van der Waals surface area contributed by atoms with E-state index in [0.717, 1.165) is 20.9 Å². The lowest BCUT2D eigenvalue weighted by molar-refractivity contribution is -0.133. The molecule has 2 saturated heterocycles. The lowest BCUT2D eigenvalue weighted by Gasteiger charge is -2.32. The number of ether oxygens (including phenoxy) is 2. The largest absolute Gasteiger partial charge is 0.447 e. The Balaban J connectivity index is 0.000000204. The van der Waals surface area contributed by atoms with E-state index in [1.165, 1.54) is 0 Å². The molecule has 2 aromatic rings. The minimum Gasteiger partial charge on any atom is -0.447 e. The number of ketones is 1. The predicted octanol–water partition coefficient (Wildman–Crippen LogP) is 7.10. The van der Waals surface area contributed by atoms with Crippen LogP contribution in [0.15, 0.2) is 70.9 Å². The molecule has 2 aliphatic carbocycles. The van der Waals surface area contributed by atoms with Gasteiger partial charge in [-0.3, -0.25) is 14.4 Å². The van der Waals surface area contributed by atoms with E-state index in [0.29, 0.717) is 38.5 Å². The number of carbonyl (C=O) groups is 5. The quantitative estimate of drug-likeness (QED) is 0.140. The molecule has 0 N–H and O–H groups in total. The van der Waals surface area contributed by atoms with Gasteiger partial charge in [0, 0.05) is 35.5 Å². The molecular weight excluding hydrogens is 694 g/mol. The molecule has 4 aliphatic rings. The first-order valence-electron chi connectivity index (χ1n) is 17.6. The number of cyclic esters (lactones) is 2. The summed E-state index contributed by atoms with van der Waals surface area (Å²) in [4.78, 5) is 69.3. The van der Waals surface area contributed by atoms with Crippen molar-refractivity contribution in [3.8, 4) is 0 Å². The van der Waals surface area contributed by atoms with Crippen LogP contribution in [-0.2, 0) is 36.7 Å². The van der Waals surface area contributed by atoms with Crippen molar-refractivity contribution in [1.29, 1.82) is 0 Å². The molecular formula is C36H40F2N8O7. The molecule has 17 heteroatoms. The number of nitrogens with zero attached hydrogens (tertiary/aromatic N) is 8. The number of hydrogen-bond acceptors (Lipinski definition) is 9. The highest BCUT2D eigenvalue weighted by molar-refractivity contribution is 5.97. The summed E-state index contributed by atoms with van der Waals surface area (Å²) in [6, 6.07) is 15.7. The minimum atomic E-state index is -2.76. The number of alkyl halides is 2. The Hall–Kier alpha value is -5.53. The van der Waals surface area contributed by atoms with Crippen molar-refractivity contribution >= 4 is 29.8 Å². The molecule has 0 radical (unpaired) electrons. The summed E-state index contributed by atoms with van der Waals surface area (Å²) >= 11 is 0. The predicted molar refractivity (Wildman–Crippen MR) is 184 cm³/mol. The highest BCUT2D eigenvalue weighted by Gasteiger charge is 2.46. The normalized spacial score (nSPS) is 22.6. The van der Waals surface area contributed by atoms with E-state index in [4.69, 9.17) is 20.5 Å². The van der Waals surface area contributed by atoms with Gasteiger partial charge in [0.15, 0.2) is 0 Å². The monoisotopic (exact) mass is 734 g/mol. The molecule has 4 fully saturated rings. The topological polar surface area (TPSA) is 208 Å². The number of hydrogen-bond donors (Lipinski definition) is 0. The first kappa shape index (κ1) is 38.7. The molecule has 53 heavy (non-hydrogen) atoms. The number of carbonyl (C=O) groups excluding carboxylic acids is 5. The van der Waals surface area contributed by atoms with E-state index in [1.54, 1.807) is 0 Å². The molecule has 4 amide bonds. The maximum absolute atomic E-state index is 13.4. The second-order valence-electron chi connectivity index (χ2n) is 13.6. The molecule has 2 aromatic carbocycles. The summed E-state index contributed by atoms with van der Waals surface area (Å²) in [6.45, 7) is 0.163. The molecule has 0 aromatic heterocycles. The van der Waals surface area contributed by atoms with Gasteiger partial charge in [0.2, 0.25) is 17.7 Å². The van der Waals surface area contributed by atoms with Crippen LogP contribution in [0.25, 0.3) is 20.9 Å². The van der Waals surface area contributed by atoms with Crippen LogP contribution < -0.4 is 0 Å². The first-order valence-corrected chi connectivity index (χ1v) is 17.6. The maximum atomic E-state index is 13.4. The third kappa shape index (κ3) is 9.87. The minimum absolute atomic E-state index is 0.0468. The van der Waals surface area contributed by atoms with Crippen LogP contribution in [0.4, 0.5) is 18.4 Å².